The van der Waals surface area contributed by atoms with Crippen molar-refractivity contribution in [3.05, 3.63) is 0 Å². The molecule has 13 heavy (non-hydrogen) atoms. The number of ether oxygens (including phenoxy) is 1. The first-order chi connectivity index (χ1) is 6.08. The largest absolute Gasteiger partial charge is 0.384 e. The third-order valence-corrected chi connectivity index (χ3v) is 3.89. The molecule has 0 aromatic heterocycles. The van der Waals surface area contributed by atoms with Crippen molar-refractivity contribution < 1.29 is 13.2 Å². The predicted octanol–water partition coefficient (Wildman–Crippen LogP) is 0.679. The Bertz CT molecular complexity index is 218. The van der Waals surface area contributed by atoms with Crippen molar-refractivity contribution in [2.75, 3.05) is 37.9 Å². The van der Waals surface area contributed by atoms with E-state index in [-0.39, 0.29) is 12.4 Å². The molecule has 0 aliphatic heterocycles. The maximum atomic E-state index is 11.5. The summed E-state index contributed by atoms with van der Waals surface area (Å²) in [6.45, 7) is 3.11. The van der Waals surface area contributed by atoms with Gasteiger partial charge in [0, 0.05) is 25.5 Å². The van der Waals surface area contributed by atoms with Crippen LogP contribution in [0.25, 0.3) is 0 Å². The molecule has 0 amide bonds. The van der Waals surface area contributed by atoms with E-state index in [1.54, 1.807) is 0 Å². The maximum Gasteiger partial charge on any atom is 0.216 e. The van der Waals surface area contributed by atoms with Gasteiger partial charge in [-0.3, -0.25) is 0 Å². The van der Waals surface area contributed by atoms with Gasteiger partial charge in [-0.1, -0.05) is 22.9 Å². The van der Waals surface area contributed by atoms with Gasteiger partial charge >= 0.3 is 0 Å². The molecule has 80 valence electrons. The van der Waals surface area contributed by atoms with Gasteiger partial charge in [0.25, 0.3) is 0 Å². The van der Waals surface area contributed by atoms with Gasteiger partial charge in [-0.05, 0) is 0 Å². The fraction of sp³-hybridized carbons (Fsp3) is 1.00. The molecule has 6 heteroatoms. The molecule has 0 fully saturated rings. The van der Waals surface area contributed by atoms with Crippen LogP contribution in [0.4, 0.5) is 0 Å². The second kappa shape index (κ2) is 6.75. The molecule has 0 saturated carbocycles. The van der Waals surface area contributed by atoms with Gasteiger partial charge in [-0.25, -0.2) is 12.7 Å². The second-order valence-corrected chi connectivity index (χ2v) is 5.37. The Morgan fingerprint density at radius 3 is 2.46 bits per heavy atom. The first-order valence-corrected chi connectivity index (χ1v) is 6.84. The van der Waals surface area contributed by atoms with Crippen LogP contribution >= 0.6 is 15.9 Å². The Morgan fingerprint density at radius 2 is 2.08 bits per heavy atom. The Hall–Kier alpha value is 0.350. The molecule has 0 radical (unpaired) electrons. The third-order valence-electron chi connectivity index (χ3n) is 1.63. The predicted molar refractivity (Wildman–Crippen MR) is 56.7 cm³/mol. The lowest BCUT2D eigenvalue weighted by molar-refractivity contribution is 0.215. The molecule has 0 spiro atoms. The van der Waals surface area contributed by atoms with E-state index >= 15 is 0 Å². The molecule has 0 aliphatic rings. The zero-order chi connectivity index (χ0) is 10.3. The minimum atomic E-state index is -3.12. The number of sulfonamides is 1. The van der Waals surface area contributed by atoms with Crippen LogP contribution in [-0.2, 0) is 14.8 Å². The third kappa shape index (κ3) is 4.95. The second-order valence-electron chi connectivity index (χ2n) is 2.49. The van der Waals surface area contributed by atoms with Crippen molar-refractivity contribution in [3.63, 3.8) is 0 Å². The van der Waals surface area contributed by atoms with Crippen molar-refractivity contribution in [1.82, 2.24) is 4.31 Å². The number of methoxy groups -OCH3 is 1. The van der Waals surface area contributed by atoms with Crippen LogP contribution in [0.2, 0.25) is 0 Å². The first kappa shape index (κ1) is 13.4. The maximum absolute atomic E-state index is 11.5. The first-order valence-electron chi connectivity index (χ1n) is 4.11. The highest BCUT2D eigenvalue weighted by Crippen LogP contribution is 2.01. The molecule has 0 aromatic rings. The van der Waals surface area contributed by atoms with Crippen LogP contribution in [0.3, 0.4) is 0 Å². The summed E-state index contributed by atoms with van der Waals surface area (Å²) in [6.07, 6.45) is 0. The number of halogens is 1. The van der Waals surface area contributed by atoms with Crippen LogP contribution < -0.4 is 0 Å². The molecule has 0 unspecified atom stereocenters. The van der Waals surface area contributed by atoms with Crippen molar-refractivity contribution in [2.24, 2.45) is 0 Å². The summed E-state index contributed by atoms with van der Waals surface area (Å²) < 4.78 is 29.2. The molecule has 0 heterocycles. The lowest BCUT2D eigenvalue weighted by Crippen LogP contribution is -2.35. The lowest BCUT2D eigenvalue weighted by Gasteiger charge is -2.18. The van der Waals surface area contributed by atoms with E-state index in [0.717, 1.165) is 0 Å². The van der Waals surface area contributed by atoms with Gasteiger partial charge in [-0.2, -0.15) is 0 Å². The van der Waals surface area contributed by atoms with Gasteiger partial charge < -0.3 is 4.74 Å². The van der Waals surface area contributed by atoms with Gasteiger partial charge in [0.05, 0.1) is 12.4 Å². The zero-order valence-electron chi connectivity index (χ0n) is 7.99. The topological polar surface area (TPSA) is 46.6 Å². The van der Waals surface area contributed by atoms with Crippen molar-refractivity contribution in [1.29, 1.82) is 0 Å². The molecule has 0 bridgehead atoms. The van der Waals surface area contributed by atoms with Crippen molar-refractivity contribution in [2.45, 2.75) is 6.92 Å². The quantitative estimate of drug-likeness (QED) is 0.641. The number of hydrogen-bond acceptors (Lipinski definition) is 3. The average molecular weight is 274 g/mol. The summed E-state index contributed by atoms with van der Waals surface area (Å²) in [4.78, 5) is 0. The van der Waals surface area contributed by atoms with E-state index in [4.69, 9.17) is 4.74 Å². The summed E-state index contributed by atoms with van der Waals surface area (Å²) in [7, 11) is -1.62. The Balaban J connectivity index is 4.21. The van der Waals surface area contributed by atoms with Crippen LogP contribution in [0.1, 0.15) is 6.92 Å². The molecule has 0 aliphatic carbocycles. The molecule has 0 aromatic carbocycles. The van der Waals surface area contributed by atoms with E-state index in [1.165, 1.54) is 11.4 Å². The Morgan fingerprint density at radius 1 is 1.46 bits per heavy atom. The summed E-state index contributed by atoms with van der Waals surface area (Å²) in [5.41, 5.74) is 0. The molecule has 0 rings (SSSR count). The van der Waals surface area contributed by atoms with Gasteiger partial charge in [0.1, 0.15) is 0 Å². The highest BCUT2D eigenvalue weighted by Gasteiger charge is 2.18. The Labute approximate surface area is 88.4 Å². The molecule has 0 N–H and O–H groups in total. The van der Waals surface area contributed by atoms with E-state index in [2.05, 4.69) is 15.9 Å². The summed E-state index contributed by atoms with van der Waals surface area (Å²) in [5.74, 6) is 0.0599. The van der Waals surface area contributed by atoms with Gasteiger partial charge in [0.2, 0.25) is 10.0 Å². The summed E-state index contributed by atoms with van der Waals surface area (Å²) in [6, 6.07) is 0. The van der Waals surface area contributed by atoms with Crippen LogP contribution in [0.5, 0.6) is 0 Å². The normalized spacial score (nSPS) is 12.3. The van der Waals surface area contributed by atoms with Crippen molar-refractivity contribution >= 4 is 26.0 Å². The van der Waals surface area contributed by atoms with Crippen LogP contribution in [-0.4, -0.2) is 50.6 Å². The number of nitrogens with zero attached hydrogens (tertiary/aromatic N) is 1. The van der Waals surface area contributed by atoms with E-state index in [0.29, 0.717) is 18.4 Å². The van der Waals surface area contributed by atoms with E-state index in [1.807, 2.05) is 6.92 Å². The standard InChI is InChI=1S/C7H16BrNO3S/c1-3-9(5-4-8)13(10,11)7-6-12-2/h3-7H2,1-2H3. The number of hydrogen-bond donors (Lipinski definition) is 0. The monoisotopic (exact) mass is 273 g/mol. The van der Waals surface area contributed by atoms with E-state index in [9.17, 15) is 8.42 Å². The Kier molecular flexibility index (Phi) is 6.93. The minimum absolute atomic E-state index is 0.0599. The fourth-order valence-corrected chi connectivity index (χ4v) is 2.97. The molecular formula is C7H16BrNO3S. The smallest absolute Gasteiger partial charge is 0.216 e. The summed E-state index contributed by atoms with van der Waals surface area (Å²) >= 11 is 3.21. The molecule has 0 saturated heterocycles. The zero-order valence-corrected chi connectivity index (χ0v) is 10.4. The molecular weight excluding hydrogens is 258 g/mol. The fourth-order valence-electron chi connectivity index (χ4n) is 0.906. The van der Waals surface area contributed by atoms with Crippen LogP contribution in [0, 0.1) is 0 Å². The van der Waals surface area contributed by atoms with Gasteiger partial charge in [-0.15, -0.1) is 0 Å². The SMILES string of the molecule is CCN(CCBr)S(=O)(=O)CCOC. The highest BCUT2D eigenvalue weighted by atomic mass is 79.9. The molecule has 0 atom stereocenters. The minimum Gasteiger partial charge on any atom is -0.384 e. The lowest BCUT2D eigenvalue weighted by atomic mass is 10.7. The van der Waals surface area contributed by atoms with Crippen LogP contribution in [0.15, 0.2) is 0 Å². The summed E-state index contributed by atoms with van der Waals surface area (Å²) in [5, 5.41) is 0.660. The molecule has 4 nitrogen and oxygen atoms in total. The number of rotatable bonds is 7. The average Bonchev–Trinajstić information content (AvgIpc) is 2.10. The van der Waals surface area contributed by atoms with Crippen molar-refractivity contribution in [3.8, 4) is 0 Å². The van der Waals surface area contributed by atoms with E-state index < -0.39 is 10.0 Å². The highest BCUT2D eigenvalue weighted by molar-refractivity contribution is 9.09. The van der Waals surface area contributed by atoms with Gasteiger partial charge in [0.15, 0.2) is 0 Å². The number of alkyl halides is 1.